The molecule has 0 aliphatic carbocycles. The van der Waals surface area contributed by atoms with Crippen molar-refractivity contribution < 1.29 is 0 Å². The number of hydrogen-bond donors (Lipinski definition) is 1. The first-order valence-electron chi connectivity index (χ1n) is 5.72. The van der Waals surface area contributed by atoms with Gasteiger partial charge in [0.25, 0.3) is 0 Å². The van der Waals surface area contributed by atoms with Gasteiger partial charge in [0.2, 0.25) is 0 Å². The van der Waals surface area contributed by atoms with Crippen LogP contribution in [0.3, 0.4) is 0 Å². The molecule has 0 radical (unpaired) electrons. The topological polar surface area (TPSA) is 29.3 Å². The minimum absolute atomic E-state index is 0.631. The highest BCUT2D eigenvalue weighted by Gasteiger charge is 2.04. The molecule has 0 aliphatic rings. The van der Waals surface area contributed by atoms with Crippen LogP contribution in [-0.2, 0) is 13.1 Å². The van der Waals surface area contributed by atoms with Crippen LogP contribution in [-0.4, -0.2) is 18.0 Å². The second kappa shape index (κ2) is 5.89. The van der Waals surface area contributed by atoms with Crippen molar-refractivity contribution in [1.82, 2.24) is 4.90 Å². The summed E-state index contributed by atoms with van der Waals surface area (Å²) in [5.41, 5.74) is 9.59. The highest BCUT2D eigenvalue weighted by atomic mass is 15.1. The third kappa shape index (κ3) is 3.33. The molecule has 0 spiro atoms. The van der Waals surface area contributed by atoms with Crippen LogP contribution in [0.2, 0.25) is 0 Å². The molecule has 0 atom stereocenters. The highest BCUT2D eigenvalue weighted by molar-refractivity contribution is 5.30. The van der Waals surface area contributed by atoms with E-state index in [1.165, 1.54) is 16.7 Å². The summed E-state index contributed by atoms with van der Waals surface area (Å²) in [6, 6.07) is 6.53. The fourth-order valence-corrected chi connectivity index (χ4v) is 1.75. The first-order chi connectivity index (χ1) is 7.21. The van der Waals surface area contributed by atoms with Crippen molar-refractivity contribution in [3.05, 3.63) is 34.9 Å². The molecule has 0 unspecified atom stereocenters. The van der Waals surface area contributed by atoms with E-state index in [4.69, 9.17) is 5.73 Å². The molecule has 2 heteroatoms. The number of nitrogens with zero attached hydrogens (tertiary/aromatic N) is 1. The van der Waals surface area contributed by atoms with Crippen LogP contribution >= 0.6 is 0 Å². The van der Waals surface area contributed by atoms with Crippen LogP contribution in [0.25, 0.3) is 0 Å². The molecule has 1 aromatic rings. The third-order valence-corrected chi connectivity index (χ3v) is 2.93. The second-order valence-corrected chi connectivity index (χ2v) is 3.93. The summed E-state index contributed by atoms with van der Waals surface area (Å²) in [5, 5.41) is 0. The van der Waals surface area contributed by atoms with Crippen molar-refractivity contribution in [1.29, 1.82) is 0 Å². The summed E-state index contributed by atoms with van der Waals surface area (Å²) in [5.74, 6) is 0. The van der Waals surface area contributed by atoms with Gasteiger partial charge in [-0.2, -0.15) is 0 Å². The van der Waals surface area contributed by atoms with Gasteiger partial charge in [-0.25, -0.2) is 0 Å². The molecule has 0 saturated heterocycles. The lowest BCUT2D eigenvalue weighted by Gasteiger charge is -2.19. The van der Waals surface area contributed by atoms with Gasteiger partial charge in [-0.05, 0) is 36.7 Å². The van der Waals surface area contributed by atoms with E-state index in [0.717, 1.165) is 19.6 Å². The lowest BCUT2D eigenvalue weighted by molar-refractivity contribution is 0.295. The van der Waals surface area contributed by atoms with Crippen LogP contribution in [0.5, 0.6) is 0 Å². The predicted octanol–water partition coefficient (Wildman–Crippen LogP) is 2.30. The van der Waals surface area contributed by atoms with E-state index in [2.05, 4.69) is 43.9 Å². The molecule has 0 fully saturated rings. The SMILES string of the molecule is CCN(CC)Cc1ccc(CN)cc1C. The Morgan fingerprint density at radius 3 is 2.33 bits per heavy atom. The number of benzene rings is 1. The molecular formula is C13H22N2. The summed E-state index contributed by atoms with van der Waals surface area (Å²) in [4.78, 5) is 2.42. The maximum Gasteiger partial charge on any atom is 0.0236 e. The standard InChI is InChI=1S/C13H22N2/c1-4-15(5-2)10-13-7-6-12(9-14)8-11(13)3/h6-8H,4-5,9-10,14H2,1-3H3. The molecule has 0 aromatic heterocycles. The summed E-state index contributed by atoms with van der Waals surface area (Å²) in [6.07, 6.45) is 0. The van der Waals surface area contributed by atoms with Gasteiger partial charge in [0.1, 0.15) is 0 Å². The normalized spacial score (nSPS) is 11.0. The third-order valence-electron chi connectivity index (χ3n) is 2.93. The highest BCUT2D eigenvalue weighted by Crippen LogP contribution is 2.13. The number of aryl methyl sites for hydroxylation is 1. The van der Waals surface area contributed by atoms with Gasteiger partial charge < -0.3 is 5.73 Å². The summed E-state index contributed by atoms with van der Waals surface area (Å²) in [6.45, 7) is 10.5. The van der Waals surface area contributed by atoms with Crippen LogP contribution in [0.1, 0.15) is 30.5 Å². The van der Waals surface area contributed by atoms with Gasteiger partial charge >= 0.3 is 0 Å². The van der Waals surface area contributed by atoms with Crippen molar-refractivity contribution in [2.75, 3.05) is 13.1 Å². The Morgan fingerprint density at radius 2 is 1.87 bits per heavy atom. The molecule has 1 rings (SSSR count). The average Bonchev–Trinajstić information content (AvgIpc) is 2.27. The Labute approximate surface area is 93.1 Å². The van der Waals surface area contributed by atoms with E-state index in [0.29, 0.717) is 6.54 Å². The first-order valence-corrected chi connectivity index (χ1v) is 5.72. The Hall–Kier alpha value is -0.860. The van der Waals surface area contributed by atoms with Crippen molar-refractivity contribution >= 4 is 0 Å². The van der Waals surface area contributed by atoms with Gasteiger partial charge in [0.05, 0.1) is 0 Å². The number of hydrogen-bond acceptors (Lipinski definition) is 2. The molecule has 0 heterocycles. The summed E-state index contributed by atoms with van der Waals surface area (Å²) in [7, 11) is 0. The van der Waals surface area contributed by atoms with Crippen molar-refractivity contribution in [2.45, 2.75) is 33.9 Å². The Kier molecular flexibility index (Phi) is 4.79. The molecule has 0 bridgehead atoms. The van der Waals surface area contributed by atoms with Crippen molar-refractivity contribution in [3.8, 4) is 0 Å². The molecule has 2 N–H and O–H groups in total. The van der Waals surface area contributed by atoms with Gasteiger partial charge in [0.15, 0.2) is 0 Å². The predicted molar refractivity (Wildman–Crippen MR) is 65.7 cm³/mol. The van der Waals surface area contributed by atoms with E-state index in [-0.39, 0.29) is 0 Å². The van der Waals surface area contributed by atoms with Crippen LogP contribution in [0.15, 0.2) is 18.2 Å². The van der Waals surface area contributed by atoms with Gasteiger partial charge in [-0.1, -0.05) is 32.0 Å². The molecule has 0 saturated carbocycles. The molecule has 1 aromatic carbocycles. The van der Waals surface area contributed by atoms with Gasteiger partial charge in [-0.3, -0.25) is 4.90 Å². The average molecular weight is 206 g/mol. The minimum Gasteiger partial charge on any atom is -0.326 e. The molecule has 0 aliphatic heterocycles. The zero-order valence-corrected chi connectivity index (χ0v) is 10.1. The van der Waals surface area contributed by atoms with E-state index in [1.54, 1.807) is 0 Å². The minimum atomic E-state index is 0.631. The molecule has 0 amide bonds. The van der Waals surface area contributed by atoms with Crippen LogP contribution < -0.4 is 5.73 Å². The number of rotatable bonds is 5. The van der Waals surface area contributed by atoms with Gasteiger partial charge in [0, 0.05) is 13.1 Å². The quantitative estimate of drug-likeness (QED) is 0.801. The zero-order valence-electron chi connectivity index (χ0n) is 10.1. The van der Waals surface area contributed by atoms with Crippen molar-refractivity contribution in [2.24, 2.45) is 5.73 Å². The molecular weight excluding hydrogens is 184 g/mol. The fraction of sp³-hybridized carbons (Fsp3) is 0.538. The van der Waals surface area contributed by atoms with Crippen molar-refractivity contribution in [3.63, 3.8) is 0 Å². The second-order valence-electron chi connectivity index (χ2n) is 3.93. The lowest BCUT2D eigenvalue weighted by atomic mass is 10.0. The van der Waals surface area contributed by atoms with E-state index in [9.17, 15) is 0 Å². The maximum atomic E-state index is 5.61. The van der Waals surface area contributed by atoms with Gasteiger partial charge in [-0.15, -0.1) is 0 Å². The molecule has 15 heavy (non-hydrogen) atoms. The summed E-state index contributed by atoms with van der Waals surface area (Å²) >= 11 is 0. The molecule has 2 nitrogen and oxygen atoms in total. The lowest BCUT2D eigenvalue weighted by Crippen LogP contribution is -2.22. The van der Waals surface area contributed by atoms with Crippen LogP contribution in [0, 0.1) is 6.92 Å². The Morgan fingerprint density at radius 1 is 1.20 bits per heavy atom. The van der Waals surface area contributed by atoms with E-state index in [1.807, 2.05) is 0 Å². The Balaban J connectivity index is 2.77. The largest absolute Gasteiger partial charge is 0.326 e. The number of nitrogens with two attached hydrogens (primary N) is 1. The Bertz CT molecular complexity index is 303. The fourth-order valence-electron chi connectivity index (χ4n) is 1.75. The van der Waals surface area contributed by atoms with E-state index < -0.39 is 0 Å². The molecule has 84 valence electrons. The smallest absolute Gasteiger partial charge is 0.0236 e. The first kappa shape index (κ1) is 12.2. The zero-order chi connectivity index (χ0) is 11.3. The maximum absolute atomic E-state index is 5.61. The summed E-state index contributed by atoms with van der Waals surface area (Å²) < 4.78 is 0. The monoisotopic (exact) mass is 206 g/mol. The van der Waals surface area contributed by atoms with Crippen LogP contribution in [0.4, 0.5) is 0 Å². The van der Waals surface area contributed by atoms with E-state index >= 15 is 0 Å².